The highest BCUT2D eigenvalue weighted by Crippen LogP contribution is 2.47. The summed E-state index contributed by atoms with van der Waals surface area (Å²) in [5, 5.41) is 0. The number of likely N-dealkylation sites (N-methyl/N-ethyl adjacent to an activating group) is 1. The monoisotopic (exact) mass is 485 g/mol. The third kappa shape index (κ3) is 3.42. The lowest BCUT2D eigenvalue weighted by molar-refractivity contribution is -0.119. The molecule has 35 heavy (non-hydrogen) atoms. The van der Waals surface area contributed by atoms with Gasteiger partial charge in [0.25, 0.3) is 5.91 Å². The van der Waals surface area contributed by atoms with Gasteiger partial charge in [0.1, 0.15) is 11.9 Å². The van der Waals surface area contributed by atoms with Crippen molar-refractivity contribution in [1.82, 2.24) is 9.97 Å². The Morgan fingerprint density at radius 1 is 1.09 bits per heavy atom. The number of carbonyl (C=O) groups is 2. The van der Waals surface area contributed by atoms with Crippen molar-refractivity contribution in [3.05, 3.63) is 71.5 Å². The predicted molar refractivity (Wildman–Crippen MR) is 138 cm³/mol. The number of anilines is 3. The molecular weight excluding hydrogens is 458 g/mol. The van der Waals surface area contributed by atoms with Crippen molar-refractivity contribution in [1.29, 1.82) is 0 Å². The van der Waals surface area contributed by atoms with Gasteiger partial charge in [-0.2, -0.15) is 0 Å². The molecule has 4 heterocycles. The number of amides is 2. The highest BCUT2D eigenvalue weighted by Gasteiger charge is 2.45. The highest BCUT2D eigenvalue weighted by atomic mass is 32.2. The van der Waals surface area contributed by atoms with Gasteiger partial charge < -0.3 is 9.80 Å². The molecule has 178 valence electrons. The minimum absolute atomic E-state index is 0.0517. The number of nitrogens with zero attached hydrogens (tertiary/aromatic N) is 5. The topological polar surface area (TPSA) is 69.6 Å². The highest BCUT2D eigenvalue weighted by molar-refractivity contribution is 7.99. The predicted octanol–water partition coefficient (Wildman–Crippen LogP) is 4.67. The lowest BCUT2D eigenvalue weighted by Gasteiger charge is -2.40. The average Bonchev–Trinajstić information content (AvgIpc) is 3.66. The van der Waals surface area contributed by atoms with Crippen LogP contribution in [0.1, 0.15) is 54.2 Å². The van der Waals surface area contributed by atoms with Gasteiger partial charge in [0.2, 0.25) is 5.91 Å². The molecule has 0 saturated heterocycles. The number of rotatable bonds is 5. The van der Waals surface area contributed by atoms with Crippen molar-refractivity contribution in [2.45, 2.75) is 49.7 Å². The molecule has 0 spiro atoms. The number of carbonyl (C=O) groups excluding carboxylic acids is 2. The second-order valence-corrected chi connectivity index (χ2v) is 10.5. The van der Waals surface area contributed by atoms with Crippen molar-refractivity contribution in [2.75, 3.05) is 27.5 Å². The van der Waals surface area contributed by atoms with E-state index < -0.39 is 0 Å². The Bertz CT molecular complexity index is 1330. The normalized spacial score (nSPS) is 21.4. The van der Waals surface area contributed by atoms with Crippen LogP contribution in [0.2, 0.25) is 0 Å². The van der Waals surface area contributed by atoms with Crippen LogP contribution in [-0.4, -0.2) is 46.7 Å². The molecule has 0 radical (unpaired) electrons. The second kappa shape index (κ2) is 8.37. The van der Waals surface area contributed by atoms with Crippen LogP contribution in [0.25, 0.3) is 0 Å². The van der Waals surface area contributed by atoms with E-state index >= 15 is 0 Å². The van der Waals surface area contributed by atoms with E-state index in [4.69, 9.17) is 4.98 Å². The Morgan fingerprint density at radius 3 is 2.63 bits per heavy atom. The van der Waals surface area contributed by atoms with Crippen molar-refractivity contribution in [3.8, 4) is 0 Å². The van der Waals surface area contributed by atoms with Gasteiger partial charge >= 0.3 is 0 Å². The van der Waals surface area contributed by atoms with Gasteiger partial charge in [0.05, 0.1) is 17.3 Å². The SMILES string of the molecule is CCSc1cccc2c1C(=O)N(c1ccc3c(n1)N(C1CC1)C(C)C(=O)N3C)C2c1cccnc1. The first-order valence-corrected chi connectivity index (χ1v) is 13.1. The Labute approximate surface area is 209 Å². The number of hydrogen-bond donors (Lipinski definition) is 0. The zero-order valence-electron chi connectivity index (χ0n) is 20.0. The van der Waals surface area contributed by atoms with Gasteiger partial charge in [-0.05, 0) is 60.9 Å². The molecule has 3 aromatic rings. The molecule has 2 aliphatic heterocycles. The molecule has 1 saturated carbocycles. The van der Waals surface area contributed by atoms with Gasteiger partial charge in [-0.1, -0.05) is 25.1 Å². The molecule has 1 aromatic carbocycles. The zero-order valence-corrected chi connectivity index (χ0v) is 20.8. The summed E-state index contributed by atoms with van der Waals surface area (Å²) < 4.78 is 0. The van der Waals surface area contributed by atoms with E-state index in [-0.39, 0.29) is 23.9 Å². The van der Waals surface area contributed by atoms with Crippen molar-refractivity contribution < 1.29 is 9.59 Å². The standard InChI is InChI=1S/C27H27N5O2S/c1-4-35-21-9-5-8-19-23(21)27(34)32(24(19)17-7-6-14-28-15-17)22-13-12-20-25(29-22)31(18-10-11-18)16(2)26(33)30(20)3/h5-9,12-16,18,24H,4,10-11H2,1-3H3. The van der Waals surface area contributed by atoms with Gasteiger partial charge in [0.15, 0.2) is 5.82 Å². The Morgan fingerprint density at radius 2 is 1.91 bits per heavy atom. The summed E-state index contributed by atoms with van der Waals surface area (Å²) in [5.41, 5.74) is 3.44. The smallest absolute Gasteiger partial charge is 0.261 e. The number of benzene rings is 1. The minimum Gasteiger partial charge on any atom is -0.340 e. The fourth-order valence-electron chi connectivity index (χ4n) is 5.32. The van der Waals surface area contributed by atoms with Crippen LogP contribution in [0.15, 0.2) is 59.8 Å². The number of aromatic nitrogens is 2. The second-order valence-electron chi connectivity index (χ2n) is 9.24. The maximum Gasteiger partial charge on any atom is 0.261 e. The van der Waals surface area contributed by atoms with Crippen LogP contribution in [0.5, 0.6) is 0 Å². The number of pyridine rings is 2. The summed E-state index contributed by atoms with van der Waals surface area (Å²) in [6.45, 7) is 4.04. The largest absolute Gasteiger partial charge is 0.340 e. The number of fused-ring (bicyclic) bond motifs is 2. The van der Waals surface area contributed by atoms with Crippen LogP contribution in [0.3, 0.4) is 0 Å². The van der Waals surface area contributed by atoms with Crippen LogP contribution in [-0.2, 0) is 4.79 Å². The molecular formula is C27H27N5O2S. The Hall–Kier alpha value is -3.39. The quantitative estimate of drug-likeness (QED) is 0.489. The maximum absolute atomic E-state index is 14.0. The van der Waals surface area contributed by atoms with Crippen LogP contribution in [0.4, 0.5) is 17.3 Å². The van der Waals surface area contributed by atoms with E-state index in [1.54, 1.807) is 34.8 Å². The third-order valence-electron chi connectivity index (χ3n) is 7.08. The van der Waals surface area contributed by atoms with E-state index in [1.807, 2.05) is 55.6 Å². The molecule has 6 rings (SSSR count). The number of thioether (sulfide) groups is 1. The van der Waals surface area contributed by atoms with E-state index in [1.165, 1.54) is 0 Å². The first-order chi connectivity index (χ1) is 17.0. The van der Waals surface area contributed by atoms with E-state index in [2.05, 4.69) is 16.8 Å². The number of hydrogen-bond acceptors (Lipinski definition) is 6. The minimum atomic E-state index is -0.316. The summed E-state index contributed by atoms with van der Waals surface area (Å²) >= 11 is 1.68. The summed E-state index contributed by atoms with van der Waals surface area (Å²) in [6.07, 6.45) is 5.67. The van der Waals surface area contributed by atoms with Gasteiger partial charge in [-0.3, -0.25) is 19.5 Å². The Balaban J connectivity index is 1.52. The van der Waals surface area contributed by atoms with Crippen molar-refractivity contribution in [3.63, 3.8) is 0 Å². The molecule has 7 nitrogen and oxygen atoms in total. The fourth-order valence-corrected chi connectivity index (χ4v) is 6.16. The van der Waals surface area contributed by atoms with E-state index in [0.717, 1.165) is 51.7 Å². The molecule has 2 atom stereocenters. The first-order valence-electron chi connectivity index (χ1n) is 12.1. The van der Waals surface area contributed by atoms with E-state index in [9.17, 15) is 9.59 Å². The third-order valence-corrected chi connectivity index (χ3v) is 8.02. The molecule has 0 N–H and O–H groups in total. The molecule has 2 amide bonds. The molecule has 3 aliphatic rings. The fraction of sp³-hybridized carbons (Fsp3) is 0.333. The maximum atomic E-state index is 14.0. The molecule has 1 fully saturated rings. The average molecular weight is 486 g/mol. The molecule has 2 unspecified atom stereocenters. The molecule has 2 aromatic heterocycles. The summed E-state index contributed by atoms with van der Waals surface area (Å²) in [7, 11) is 1.80. The van der Waals surface area contributed by atoms with Crippen molar-refractivity contribution >= 4 is 40.9 Å². The molecule has 8 heteroatoms. The van der Waals surface area contributed by atoms with Gasteiger partial charge in [-0.25, -0.2) is 4.98 Å². The summed E-state index contributed by atoms with van der Waals surface area (Å²) in [4.78, 5) is 42.9. The zero-order chi connectivity index (χ0) is 24.3. The van der Waals surface area contributed by atoms with E-state index in [0.29, 0.717) is 11.9 Å². The lowest BCUT2D eigenvalue weighted by atomic mass is 9.99. The van der Waals surface area contributed by atoms with Crippen molar-refractivity contribution in [2.24, 2.45) is 0 Å². The molecule has 0 bridgehead atoms. The first kappa shape index (κ1) is 22.1. The summed E-state index contributed by atoms with van der Waals surface area (Å²) in [6, 6.07) is 13.5. The lowest BCUT2D eigenvalue weighted by Crippen LogP contribution is -2.52. The van der Waals surface area contributed by atoms with Crippen LogP contribution in [0, 0.1) is 0 Å². The van der Waals surface area contributed by atoms with Gasteiger partial charge in [-0.15, -0.1) is 11.8 Å². The van der Waals surface area contributed by atoms with Gasteiger partial charge in [0, 0.05) is 30.4 Å². The summed E-state index contributed by atoms with van der Waals surface area (Å²) in [5.74, 6) is 2.26. The molecule has 1 aliphatic carbocycles. The van der Waals surface area contributed by atoms with Crippen LogP contribution < -0.4 is 14.7 Å². The Kier molecular flexibility index (Phi) is 5.29. The van der Waals surface area contributed by atoms with Crippen LogP contribution >= 0.6 is 11.8 Å².